The second kappa shape index (κ2) is 8.36. The summed E-state index contributed by atoms with van der Waals surface area (Å²) in [5, 5.41) is 3.41. The molecule has 1 aromatic carbocycles. The minimum Gasteiger partial charge on any atom is -0.491 e. The quantitative estimate of drug-likeness (QED) is 0.873. The molecule has 5 nitrogen and oxygen atoms in total. The Morgan fingerprint density at radius 3 is 2.77 bits per heavy atom. The molecule has 0 spiro atoms. The highest BCUT2D eigenvalue weighted by molar-refractivity contribution is 6.32. The average molecular weight is 327 g/mol. The maximum atomic E-state index is 12.2. The van der Waals surface area contributed by atoms with Gasteiger partial charge in [0.05, 0.1) is 5.02 Å². The lowest BCUT2D eigenvalue weighted by Crippen LogP contribution is -2.28. The van der Waals surface area contributed by atoms with Crippen molar-refractivity contribution in [1.29, 1.82) is 0 Å². The molecule has 2 rings (SSSR count). The standard InChI is InChI=1S/C16H23ClN2O3/c1-19(2)7-10-22-15-4-3-13(11-14(15)17)18-16(20)12-5-8-21-9-6-12/h3-4,11-12H,5-10H2,1-2H3,(H,18,20). The van der Waals surface area contributed by atoms with Gasteiger partial charge < -0.3 is 19.7 Å². The van der Waals surface area contributed by atoms with E-state index in [9.17, 15) is 4.79 Å². The lowest BCUT2D eigenvalue weighted by Gasteiger charge is -2.21. The number of nitrogens with zero attached hydrogens (tertiary/aromatic N) is 1. The molecule has 0 unspecified atom stereocenters. The minimum atomic E-state index is 0.0172. The molecule has 122 valence electrons. The summed E-state index contributed by atoms with van der Waals surface area (Å²) in [5.41, 5.74) is 0.696. The second-order valence-electron chi connectivity index (χ2n) is 5.67. The van der Waals surface area contributed by atoms with Gasteiger partial charge in [-0.1, -0.05) is 11.6 Å². The molecule has 0 aliphatic carbocycles. The predicted molar refractivity (Wildman–Crippen MR) is 87.7 cm³/mol. The third-order valence-corrected chi connectivity index (χ3v) is 3.88. The first-order valence-electron chi connectivity index (χ1n) is 7.52. The van der Waals surface area contributed by atoms with Crippen LogP contribution in [-0.4, -0.2) is 51.3 Å². The number of hydrogen-bond acceptors (Lipinski definition) is 4. The number of benzene rings is 1. The molecule has 0 bridgehead atoms. The fourth-order valence-electron chi connectivity index (χ4n) is 2.24. The molecule has 22 heavy (non-hydrogen) atoms. The van der Waals surface area contributed by atoms with Gasteiger partial charge in [0, 0.05) is 31.4 Å². The van der Waals surface area contributed by atoms with E-state index in [1.165, 1.54) is 0 Å². The summed E-state index contributed by atoms with van der Waals surface area (Å²) in [6.45, 7) is 2.69. The summed E-state index contributed by atoms with van der Waals surface area (Å²) in [6.07, 6.45) is 1.54. The monoisotopic (exact) mass is 326 g/mol. The van der Waals surface area contributed by atoms with Crippen molar-refractivity contribution in [3.63, 3.8) is 0 Å². The van der Waals surface area contributed by atoms with Crippen LogP contribution in [0.4, 0.5) is 5.69 Å². The summed E-state index contributed by atoms with van der Waals surface area (Å²) in [5.74, 6) is 0.678. The molecule has 1 amide bonds. The molecule has 1 heterocycles. The van der Waals surface area contributed by atoms with Crippen molar-refractivity contribution in [2.45, 2.75) is 12.8 Å². The van der Waals surface area contributed by atoms with Crippen LogP contribution >= 0.6 is 11.6 Å². The summed E-state index contributed by atoms with van der Waals surface area (Å²) in [4.78, 5) is 14.2. The largest absolute Gasteiger partial charge is 0.491 e. The Bertz CT molecular complexity index is 502. The van der Waals surface area contributed by atoms with Crippen LogP contribution in [-0.2, 0) is 9.53 Å². The summed E-state index contributed by atoms with van der Waals surface area (Å²) >= 11 is 6.20. The van der Waals surface area contributed by atoms with Crippen molar-refractivity contribution in [3.8, 4) is 5.75 Å². The Labute approximate surface area is 136 Å². The number of ether oxygens (including phenoxy) is 2. The Morgan fingerprint density at radius 2 is 2.14 bits per heavy atom. The Morgan fingerprint density at radius 1 is 1.41 bits per heavy atom. The molecule has 0 atom stereocenters. The van der Waals surface area contributed by atoms with Gasteiger partial charge in [0.25, 0.3) is 0 Å². The van der Waals surface area contributed by atoms with Gasteiger partial charge >= 0.3 is 0 Å². The van der Waals surface area contributed by atoms with E-state index in [1.807, 2.05) is 25.1 Å². The van der Waals surface area contributed by atoms with Gasteiger partial charge in [-0.15, -0.1) is 0 Å². The van der Waals surface area contributed by atoms with Gasteiger partial charge in [0.1, 0.15) is 12.4 Å². The number of rotatable bonds is 6. The highest BCUT2D eigenvalue weighted by atomic mass is 35.5. The second-order valence-corrected chi connectivity index (χ2v) is 6.08. The first kappa shape index (κ1) is 17.1. The van der Waals surface area contributed by atoms with E-state index >= 15 is 0 Å². The minimum absolute atomic E-state index is 0.0172. The zero-order valence-electron chi connectivity index (χ0n) is 13.1. The Balaban J connectivity index is 1.89. The van der Waals surface area contributed by atoms with Crippen molar-refractivity contribution >= 4 is 23.2 Å². The Hall–Kier alpha value is -1.30. The fourth-order valence-corrected chi connectivity index (χ4v) is 2.47. The molecular weight excluding hydrogens is 304 g/mol. The molecule has 1 fully saturated rings. The van der Waals surface area contributed by atoms with Crippen LogP contribution in [0.5, 0.6) is 5.75 Å². The molecular formula is C16H23ClN2O3. The topological polar surface area (TPSA) is 50.8 Å². The number of halogens is 1. The van der Waals surface area contributed by atoms with E-state index < -0.39 is 0 Å². The lowest BCUT2D eigenvalue weighted by atomic mass is 9.99. The van der Waals surface area contributed by atoms with Gasteiger partial charge in [-0.3, -0.25) is 4.79 Å². The normalized spacial score (nSPS) is 15.8. The molecule has 6 heteroatoms. The maximum Gasteiger partial charge on any atom is 0.227 e. The first-order valence-corrected chi connectivity index (χ1v) is 7.90. The third kappa shape index (κ3) is 5.16. The predicted octanol–water partition coefficient (Wildman–Crippen LogP) is 2.65. The zero-order valence-corrected chi connectivity index (χ0v) is 13.9. The highest BCUT2D eigenvalue weighted by Gasteiger charge is 2.21. The van der Waals surface area contributed by atoms with E-state index in [4.69, 9.17) is 21.1 Å². The van der Waals surface area contributed by atoms with Crippen LogP contribution in [0, 0.1) is 5.92 Å². The number of amides is 1. The van der Waals surface area contributed by atoms with E-state index in [0.717, 1.165) is 19.4 Å². The number of anilines is 1. The zero-order chi connectivity index (χ0) is 15.9. The number of carbonyl (C=O) groups is 1. The summed E-state index contributed by atoms with van der Waals surface area (Å²) in [7, 11) is 3.97. The van der Waals surface area contributed by atoms with Crippen LogP contribution in [0.1, 0.15) is 12.8 Å². The molecule has 1 aliphatic rings. The van der Waals surface area contributed by atoms with E-state index in [-0.39, 0.29) is 11.8 Å². The van der Waals surface area contributed by atoms with Crippen LogP contribution in [0.25, 0.3) is 0 Å². The van der Waals surface area contributed by atoms with Crippen LogP contribution < -0.4 is 10.1 Å². The molecule has 1 aliphatic heterocycles. The van der Waals surface area contributed by atoms with Crippen molar-refractivity contribution in [2.24, 2.45) is 5.92 Å². The van der Waals surface area contributed by atoms with Crippen LogP contribution in [0.3, 0.4) is 0 Å². The van der Waals surface area contributed by atoms with Gasteiger partial charge in [-0.25, -0.2) is 0 Å². The maximum absolute atomic E-state index is 12.2. The first-order chi connectivity index (χ1) is 10.6. The van der Waals surface area contributed by atoms with Gasteiger partial charge in [-0.05, 0) is 45.1 Å². The van der Waals surface area contributed by atoms with Crippen molar-refractivity contribution in [2.75, 3.05) is 45.8 Å². The number of likely N-dealkylation sites (N-methyl/N-ethyl adjacent to an activating group) is 1. The Kier molecular flexibility index (Phi) is 6.49. The molecule has 1 saturated heterocycles. The lowest BCUT2D eigenvalue weighted by molar-refractivity contribution is -0.122. The number of hydrogen-bond donors (Lipinski definition) is 1. The van der Waals surface area contributed by atoms with Gasteiger partial charge in [0.15, 0.2) is 0 Å². The van der Waals surface area contributed by atoms with Crippen molar-refractivity contribution < 1.29 is 14.3 Å². The average Bonchev–Trinajstić information content (AvgIpc) is 2.50. The van der Waals surface area contributed by atoms with E-state index in [1.54, 1.807) is 12.1 Å². The SMILES string of the molecule is CN(C)CCOc1ccc(NC(=O)C2CCOCC2)cc1Cl. The summed E-state index contributed by atoms with van der Waals surface area (Å²) < 4.78 is 10.9. The van der Waals surface area contributed by atoms with E-state index in [0.29, 0.717) is 36.3 Å². The van der Waals surface area contributed by atoms with Crippen molar-refractivity contribution in [3.05, 3.63) is 23.2 Å². The summed E-state index contributed by atoms with van der Waals surface area (Å²) in [6, 6.07) is 5.33. The van der Waals surface area contributed by atoms with Crippen LogP contribution in [0.15, 0.2) is 18.2 Å². The van der Waals surface area contributed by atoms with E-state index in [2.05, 4.69) is 5.32 Å². The molecule has 1 N–H and O–H groups in total. The smallest absolute Gasteiger partial charge is 0.227 e. The molecule has 1 aromatic rings. The number of nitrogens with one attached hydrogen (secondary N) is 1. The van der Waals surface area contributed by atoms with Gasteiger partial charge in [0.2, 0.25) is 5.91 Å². The number of carbonyl (C=O) groups excluding carboxylic acids is 1. The third-order valence-electron chi connectivity index (χ3n) is 3.59. The molecule has 0 radical (unpaired) electrons. The van der Waals surface area contributed by atoms with Gasteiger partial charge in [-0.2, -0.15) is 0 Å². The highest BCUT2D eigenvalue weighted by Crippen LogP contribution is 2.28. The van der Waals surface area contributed by atoms with Crippen molar-refractivity contribution in [1.82, 2.24) is 4.90 Å². The van der Waals surface area contributed by atoms with Crippen LogP contribution in [0.2, 0.25) is 5.02 Å². The molecule has 0 aromatic heterocycles. The molecule has 0 saturated carbocycles. The fraction of sp³-hybridized carbons (Fsp3) is 0.562.